The number of benzene rings is 4. The fraction of sp³-hybridized carbons (Fsp3) is 0.389. The van der Waals surface area contributed by atoms with Crippen molar-refractivity contribution in [1.29, 1.82) is 0 Å². The predicted octanol–water partition coefficient (Wildman–Crippen LogP) is 10.0. The molecule has 4 bridgehead atoms. The third kappa shape index (κ3) is 3.99. The molecule has 4 aromatic carbocycles. The Labute approximate surface area is 222 Å². The van der Waals surface area contributed by atoms with Gasteiger partial charge in [-0.3, -0.25) is 0 Å². The maximum Gasteiger partial charge on any atom is 0.0422 e. The normalized spacial score (nSPS) is 26.5. The molecule has 0 atom stereocenters. The first-order valence-electron chi connectivity index (χ1n) is 14.4. The van der Waals surface area contributed by atoms with Crippen LogP contribution in [0.15, 0.2) is 84.9 Å². The minimum Gasteiger partial charge on any atom is -0.355 e. The van der Waals surface area contributed by atoms with Crippen LogP contribution in [0.2, 0.25) is 0 Å². The summed E-state index contributed by atoms with van der Waals surface area (Å²) in [5.74, 6) is 2.88. The molecule has 0 saturated heterocycles. The van der Waals surface area contributed by atoms with Crippen LogP contribution in [0, 0.1) is 17.8 Å². The fourth-order valence-corrected chi connectivity index (χ4v) is 8.62. The number of anilines is 2. The molecule has 4 saturated carbocycles. The van der Waals surface area contributed by atoms with Crippen LogP contribution in [0.5, 0.6) is 0 Å². The summed E-state index contributed by atoms with van der Waals surface area (Å²) in [6.45, 7) is 6.84. The number of fused-ring (bicyclic) bond motifs is 1. The van der Waals surface area contributed by atoms with Gasteiger partial charge in [0.15, 0.2) is 0 Å². The van der Waals surface area contributed by atoms with E-state index in [0.29, 0.717) is 5.41 Å². The number of hydrogen-bond acceptors (Lipinski definition) is 1. The Morgan fingerprint density at radius 1 is 0.676 bits per heavy atom. The van der Waals surface area contributed by atoms with Crippen molar-refractivity contribution in [3.05, 3.63) is 96.1 Å². The molecular weight excluding hydrogens is 446 g/mol. The average molecular weight is 486 g/mol. The summed E-state index contributed by atoms with van der Waals surface area (Å²) in [7, 11) is 0. The molecule has 1 N–H and O–H groups in total. The van der Waals surface area contributed by atoms with Crippen LogP contribution in [-0.4, -0.2) is 0 Å². The largest absolute Gasteiger partial charge is 0.355 e. The van der Waals surface area contributed by atoms with Gasteiger partial charge in [-0.15, -0.1) is 0 Å². The molecule has 8 rings (SSSR count). The molecule has 1 heteroatoms. The van der Waals surface area contributed by atoms with Crippen molar-refractivity contribution < 1.29 is 0 Å². The molecule has 37 heavy (non-hydrogen) atoms. The Hall–Kier alpha value is -3.06. The highest BCUT2D eigenvalue weighted by Crippen LogP contribution is 2.61. The van der Waals surface area contributed by atoms with Gasteiger partial charge in [0.1, 0.15) is 0 Å². The van der Waals surface area contributed by atoms with E-state index in [4.69, 9.17) is 0 Å². The molecule has 0 amide bonds. The van der Waals surface area contributed by atoms with Crippen molar-refractivity contribution in [2.24, 2.45) is 17.8 Å². The fourth-order valence-electron chi connectivity index (χ4n) is 8.62. The van der Waals surface area contributed by atoms with E-state index < -0.39 is 0 Å². The van der Waals surface area contributed by atoms with Gasteiger partial charge in [-0.2, -0.15) is 0 Å². The first-order chi connectivity index (χ1) is 17.9. The quantitative estimate of drug-likeness (QED) is 0.303. The second-order valence-corrected chi connectivity index (χ2v) is 13.4. The van der Waals surface area contributed by atoms with Crippen LogP contribution >= 0.6 is 0 Å². The van der Waals surface area contributed by atoms with Gasteiger partial charge in [0.2, 0.25) is 0 Å². The van der Waals surface area contributed by atoms with Crippen LogP contribution in [0.3, 0.4) is 0 Å². The van der Waals surface area contributed by atoms with Crippen LogP contribution in [-0.2, 0) is 10.8 Å². The highest BCUT2D eigenvalue weighted by atomic mass is 14.9. The van der Waals surface area contributed by atoms with E-state index >= 15 is 0 Å². The number of hydrogen-bond donors (Lipinski definition) is 1. The topological polar surface area (TPSA) is 12.0 Å². The molecule has 0 aliphatic heterocycles. The zero-order valence-corrected chi connectivity index (χ0v) is 22.6. The van der Waals surface area contributed by atoms with E-state index in [1.54, 1.807) is 5.56 Å². The first-order valence-corrected chi connectivity index (χ1v) is 14.4. The van der Waals surface area contributed by atoms with E-state index in [9.17, 15) is 0 Å². The van der Waals surface area contributed by atoms with E-state index in [1.807, 2.05) is 0 Å². The molecule has 4 aliphatic carbocycles. The zero-order chi connectivity index (χ0) is 25.2. The second-order valence-electron chi connectivity index (χ2n) is 13.4. The molecule has 0 radical (unpaired) electrons. The summed E-state index contributed by atoms with van der Waals surface area (Å²) in [6, 6.07) is 31.8. The summed E-state index contributed by atoms with van der Waals surface area (Å²) >= 11 is 0. The second kappa shape index (κ2) is 8.48. The molecule has 0 spiro atoms. The Balaban J connectivity index is 1.28. The Morgan fingerprint density at radius 3 is 2.03 bits per heavy atom. The predicted molar refractivity (Wildman–Crippen MR) is 158 cm³/mol. The van der Waals surface area contributed by atoms with Gasteiger partial charge in [0.25, 0.3) is 0 Å². The van der Waals surface area contributed by atoms with E-state index in [-0.39, 0.29) is 5.41 Å². The van der Waals surface area contributed by atoms with Crippen LogP contribution in [0.25, 0.3) is 21.9 Å². The van der Waals surface area contributed by atoms with Gasteiger partial charge in [0, 0.05) is 11.4 Å². The molecule has 1 nitrogen and oxygen atoms in total. The standard InChI is InChI=1S/C36H39N/c1-35(2,3)33-13-6-7-14-34(33)37-28-10-8-9-27(20-28)29-15-16-32(31-12-5-4-11-30(29)31)36-21-24-17-25(22-36)19-26(18-24)23-36/h4-16,20,24-26,37H,17-19,21-23H2,1-3H3. The van der Waals surface area contributed by atoms with Gasteiger partial charge >= 0.3 is 0 Å². The minimum absolute atomic E-state index is 0.0878. The van der Waals surface area contributed by atoms with Crippen molar-refractivity contribution in [1.82, 2.24) is 0 Å². The molecule has 4 aliphatic rings. The SMILES string of the molecule is CC(C)(C)c1ccccc1Nc1cccc(-c2ccc(C34CC5CC(CC(C5)C3)C4)c3ccccc23)c1. The van der Waals surface area contributed by atoms with Gasteiger partial charge in [-0.25, -0.2) is 0 Å². The molecule has 0 heterocycles. The van der Waals surface area contributed by atoms with Crippen molar-refractivity contribution in [2.45, 2.75) is 70.1 Å². The Morgan fingerprint density at radius 2 is 1.32 bits per heavy atom. The van der Waals surface area contributed by atoms with Crippen molar-refractivity contribution in [2.75, 3.05) is 5.32 Å². The van der Waals surface area contributed by atoms with E-state index in [1.165, 1.54) is 71.7 Å². The van der Waals surface area contributed by atoms with E-state index in [2.05, 4.69) is 111 Å². The zero-order valence-electron chi connectivity index (χ0n) is 22.6. The third-order valence-electron chi connectivity index (χ3n) is 9.72. The molecule has 0 aromatic heterocycles. The van der Waals surface area contributed by atoms with Crippen molar-refractivity contribution in [3.8, 4) is 11.1 Å². The Bertz CT molecular complexity index is 1430. The third-order valence-corrected chi connectivity index (χ3v) is 9.72. The summed E-state index contributed by atoms with van der Waals surface area (Å²) in [6.07, 6.45) is 8.72. The average Bonchev–Trinajstić information content (AvgIpc) is 2.87. The van der Waals surface area contributed by atoms with Gasteiger partial charge < -0.3 is 5.32 Å². The lowest BCUT2D eigenvalue weighted by Gasteiger charge is -2.57. The maximum absolute atomic E-state index is 3.74. The number of para-hydroxylation sites is 1. The maximum atomic E-state index is 3.74. The highest BCUT2D eigenvalue weighted by molar-refractivity contribution is 5.99. The van der Waals surface area contributed by atoms with Gasteiger partial charge in [-0.05, 0) is 118 Å². The van der Waals surface area contributed by atoms with E-state index in [0.717, 1.165) is 23.4 Å². The first kappa shape index (κ1) is 23.1. The van der Waals surface area contributed by atoms with Crippen LogP contribution in [0.4, 0.5) is 11.4 Å². The lowest BCUT2D eigenvalue weighted by molar-refractivity contribution is -0.00449. The summed E-state index contributed by atoms with van der Waals surface area (Å²) in [5.41, 5.74) is 8.43. The summed E-state index contributed by atoms with van der Waals surface area (Å²) < 4.78 is 0. The van der Waals surface area contributed by atoms with Crippen LogP contribution < -0.4 is 5.32 Å². The highest BCUT2D eigenvalue weighted by Gasteiger charge is 2.52. The molecule has 4 fully saturated rings. The molecule has 4 aromatic rings. The molecule has 188 valence electrons. The minimum atomic E-state index is 0.0878. The van der Waals surface area contributed by atoms with Crippen molar-refractivity contribution in [3.63, 3.8) is 0 Å². The van der Waals surface area contributed by atoms with Crippen LogP contribution in [0.1, 0.15) is 70.4 Å². The smallest absolute Gasteiger partial charge is 0.0422 e. The molecular formula is C36H39N. The summed E-state index contributed by atoms with van der Waals surface area (Å²) in [4.78, 5) is 0. The molecule has 0 unspecified atom stereocenters. The Kier molecular flexibility index (Phi) is 5.29. The van der Waals surface area contributed by atoms with Crippen molar-refractivity contribution >= 4 is 22.1 Å². The lowest BCUT2D eigenvalue weighted by Crippen LogP contribution is -2.48. The van der Waals surface area contributed by atoms with Gasteiger partial charge in [-0.1, -0.05) is 87.5 Å². The van der Waals surface area contributed by atoms with Gasteiger partial charge in [0.05, 0.1) is 0 Å². The number of nitrogens with one attached hydrogen (secondary N) is 1. The summed E-state index contributed by atoms with van der Waals surface area (Å²) in [5, 5.41) is 6.63. The lowest BCUT2D eigenvalue weighted by atomic mass is 9.47. The monoisotopic (exact) mass is 485 g/mol. The number of rotatable bonds is 4.